The van der Waals surface area contributed by atoms with Crippen LogP contribution in [0.3, 0.4) is 0 Å². The Balaban J connectivity index is 2.61. The molecule has 0 bridgehead atoms. The maximum Gasteiger partial charge on any atom is 0.411 e. The van der Waals surface area contributed by atoms with Crippen molar-refractivity contribution in [1.82, 2.24) is 0 Å². The summed E-state index contributed by atoms with van der Waals surface area (Å²) in [6.45, 7) is -1.78. The first-order valence-electron chi connectivity index (χ1n) is 5.47. The molecule has 1 rings (SSSR count). The first-order valence-corrected chi connectivity index (χ1v) is 5.85. The molecular weight excluding hydrogens is 301 g/mol. The second kappa shape index (κ2) is 7.35. The predicted octanol–water partition coefficient (Wildman–Crippen LogP) is 3.12. The fourth-order valence-corrected chi connectivity index (χ4v) is 1.59. The minimum Gasteiger partial charge on any atom is -0.493 e. The molecule has 0 atom stereocenters. The number of ether oxygens (including phenoxy) is 3. The Kier molecular flexibility index (Phi) is 6.09. The summed E-state index contributed by atoms with van der Waals surface area (Å²) in [4.78, 5) is 10.9. The van der Waals surface area contributed by atoms with Gasteiger partial charge in [0.1, 0.15) is 13.2 Å². The summed E-state index contributed by atoms with van der Waals surface area (Å²) in [6, 6.07) is 2.80. The highest BCUT2D eigenvalue weighted by molar-refractivity contribution is 6.31. The number of carbonyl (C=O) groups is 1. The molecule has 0 radical (unpaired) electrons. The van der Waals surface area contributed by atoms with Crippen molar-refractivity contribution in [3.63, 3.8) is 0 Å². The van der Waals surface area contributed by atoms with Crippen LogP contribution in [0.4, 0.5) is 13.2 Å². The van der Waals surface area contributed by atoms with Gasteiger partial charge >= 0.3 is 6.18 Å². The van der Waals surface area contributed by atoms with E-state index in [1.807, 2.05) is 0 Å². The van der Waals surface area contributed by atoms with Crippen LogP contribution >= 0.6 is 11.6 Å². The Morgan fingerprint density at radius 1 is 1.30 bits per heavy atom. The van der Waals surface area contributed by atoms with E-state index in [9.17, 15) is 18.0 Å². The van der Waals surface area contributed by atoms with Gasteiger partial charge in [0.2, 0.25) is 0 Å². The van der Waals surface area contributed by atoms with Crippen molar-refractivity contribution in [2.45, 2.75) is 6.18 Å². The fraction of sp³-hybridized carbons (Fsp3) is 0.417. The molecule has 1 aromatic rings. The molecule has 1 aromatic carbocycles. The van der Waals surface area contributed by atoms with Crippen LogP contribution in [0.2, 0.25) is 5.02 Å². The number of hydrogen-bond donors (Lipinski definition) is 0. The first kappa shape index (κ1) is 16.6. The maximum atomic E-state index is 11.8. The molecule has 20 heavy (non-hydrogen) atoms. The number of aldehydes is 1. The lowest BCUT2D eigenvalue weighted by atomic mass is 10.2. The number of benzene rings is 1. The normalized spacial score (nSPS) is 11.2. The van der Waals surface area contributed by atoms with Crippen LogP contribution in [-0.2, 0) is 4.74 Å². The lowest BCUT2D eigenvalue weighted by Crippen LogP contribution is -2.19. The van der Waals surface area contributed by atoms with Crippen LogP contribution in [0.25, 0.3) is 0 Å². The van der Waals surface area contributed by atoms with Gasteiger partial charge in [-0.15, -0.1) is 0 Å². The van der Waals surface area contributed by atoms with Gasteiger partial charge in [-0.3, -0.25) is 4.79 Å². The molecular formula is C12H12ClF3O4. The van der Waals surface area contributed by atoms with Crippen LogP contribution in [0.1, 0.15) is 10.4 Å². The predicted molar refractivity (Wildman–Crippen MR) is 65.8 cm³/mol. The van der Waals surface area contributed by atoms with Crippen LogP contribution in [-0.4, -0.2) is 39.4 Å². The summed E-state index contributed by atoms with van der Waals surface area (Å²) in [5, 5.41) is 0.282. The second-order valence-electron chi connectivity index (χ2n) is 3.66. The zero-order valence-corrected chi connectivity index (χ0v) is 11.3. The number of carbonyl (C=O) groups excluding carboxylic acids is 1. The summed E-state index contributed by atoms with van der Waals surface area (Å²) in [6.07, 6.45) is -3.87. The molecule has 8 heteroatoms. The lowest BCUT2D eigenvalue weighted by Gasteiger charge is -2.13. The molecule has 0 fully saturated rings. The number of rotatable bonds is 7. The number of halogens is 4. The van der Waals surface area contributed by atoms with E-state index in [2.05, 4.69) is 4.74 Å². The topological polar surface area (TPSA) is 44.8 Å². The monoisotopic (exact) mass is 312 g/mol. The van der Waals surface area contributed by atoms with E-state index in [0.717, 1.165) is 0 Å². The van der Waals surface area contributed by atoms with Crippen molar-refractivity contribution in [3.05, 3.63) is 22.7 Å². The smallest absolute Gasteiger partial charge is 0.411 e. The number of hydrogen-bond acceptors (Lipinski definition) is 4. The van der Waals surface area contributed by atoms with Gasteiger partial charge in [-0.1, -0.05) is 11.6 Å². The van der Waals surface area contributed by atoms with Gasteiger partial charge in [0.25, 0.3) is 0 Å². The van der Waals surface area contributed by atoms with E-state index in [1.165, 1.54) is 19.2 Å². The average molecular weight is 313 g/mol. The highest BCUT2D eigenvalue weighted by Crippen LogP contribution is 2.33. The molecule has 0 aromatic heterocycles. The Hall–Kier alpha value is -1.47. The molecule has 0 saturated carbocycles. The van der Waals surface area contributed by atoms with Gasteiger partial charge < -0.3 is 14.2 Å². The highest BCUT2D eigenvalue weighted by Gasteiger charge is 2.27. The summed E-state index contributed by atoms with van der Waals surface area (Å²) in [5.41, 5.74) is 0.144. The Morgan fingerprint density at radius 3 is 2.55 bits per heavy atom. The molecule has 0 aliphatic heterocycles. The van der Waals surface area contributed by atoms with E-state index in [-0.39, 0.29) is 35.3 Å². The molecule has 112 valence electrons. The third-order valence-corrected chi connectivity index (χ3v) is 2.35. The Labute approximate surface area is 118 Å². The summed E-state index contributed by atoms with van der Waals surface area (Å²) < 4.78 is 50.1. The largest absolute Gasteiger partial charge is 0.493 e. The van der Waals surface area contributed by atoms with Crippen molar-refractivity contribution >= 4 is 17.9 Å². The van der Waals surface area contributed by atoms with Crippen molar-refractivity contribution < 1.29 is 32.2 Å². The highest BCUT2D eigenvalue weighted by atomic mass is 35.5. The molecule has 0 amide bonds. The van der Waals surface area contributed by atoms with E-state index >= 15 is 0 Å². The van der Waals surface area contributed by atoms with Crippen LogP contribution in [0.5, 0.6) is 11.5 Å². The van der Waals surface area contributed by atoms with Gasteiger partial charge in [-0.25, -0.2) is 0 Å². The SMILES string of the molecule is COc1cc(Cl)cc(C=O)c1OCCOCC(F)(F)F. The Bertz CT molecular complexity index is 463. The van der Waals surface area contributed by atoms with E-state index in [1.54, 1.807) is 0 Å². The minimum absolute atomic E-state index is 0.113. The third kappa shape index (κ3) is 5.26. The van der Waals surface area contributed by atoms with Gasteiger partial charge in [-0.2, -0.15) is 13.2 Å². The molecule has 0 heterocycles. The summed E-state index contributed by atoms with van der Waals surface area (Å²) in [7, 11) is 1.35. The van der Waals surface area contributed by atoms with Crippen molar-refractivity contribution in [1.29, 1.82) is 0 Å². The molecule has 0 aliphatic rings. The zero-order valence-electron chi connectivity index (χ0n) is 10.5. The number of alkyl halides is 3. The standard InChI is InChI=1S/C12H12ClF3O4/c1-18-10-5-9(13)4-8(6-17)11(10)20-3-2-19-7-12(14,15)16/h4-6H,2-3,7H2,1H3. The molecule has 0 aliphatic carbocycles. The van der Waals surface area contributed by atoms with E-state index in [4.69, 9.17) is 21.1 Å². The van der Waals surface area contributed by atoms with Gasteiger partial charge in [-0.05, 0) is 6.07 Å². The van der Waals surface area contributed by atoms with Crippen molar-refractivity contribution in [3.8, 4) is 11.5 Å². The maximum absolute atomic E-state index is 11.8. The lowest BCUT2D eigenvalue weighted by molar-refractivity contribution is -0.175. The van der Waals surface area contributed by atoms with Gasteiger partial charge in [0.05, 0.1) is 19.3 Å². The first-order chi connectivity index (χ1) is 9.37. The van der Waals surface area contributed by atoms with Crippen molar-refractivity contribution in [2.24, 2.45) is 0 Å². The third-order valence-electron chi connectivity index (χ3n) is 2.14. The molecule has 0 saturated heterocycles. The van der Waals surface area contributed by atoms with Gasteiger partial charge in [0, 0.05) is 11.1 Å². The van der Waals surface area contributed by atoms with Gasteiger partial charge in [0.15, 0.2) is 17.8 Å². The van der Waals surface area contributed by atoms with E-state index in [0.29, 0.717) is 6.29 Å². The molecule has 0 spiro atoms. The minimum atomic E-state index is -4.38. The fourth-order valence-electron chi connectivity index (χ4n) is 1.37. The zero-order chi connectivity index (χ0) is 15.2. The molecule has 0 unspecified atom stereocenters. The summed E-state index contributed by atoms with van der Waals surface area (Å²) >= 11 is 5.77. The van der Waals surface area contributed by atoms with Crippen LogP contribution < -0.4 is 9.47 Å². The molecule has 4 nitrogen and oxygen atoms in total. The quantitative estimate of drug-likeness (QED) is 0.573. The molecule has 0 N–H and O–H groups in total. The van der Waals surface area contributed by atoms with Crippen LogP contribution in [0, 0.1) is 0 Å². The average Bonchev–Trinajstić information content (AvgIpc) is 2.37. The van der Waals surface area contributed by atoms with E-state index < -0.39 is 12.8 Å². The Morgan fingerprint density at radius 2 is 2.00 bits per heavy atom. The van der Waals surface area contributed by atoms with Crippen LogP contribution in [0.15, 0.2) is 12.1 Å². The summed E-state index contributed by atoms with van der Waals surface area (Å²) in [5.74, 6) is 0.331. The second-order valence-corrected chi connectivity index (χ2v) is 4.10. The van der Waals surface area contributed by atoms with Crippen molar-refractivity contribution in [2.75, 3.05) is 26.9 Å². The number of methoxy groups -OCH3 is 1.